The Kier molecular flexibility index (Phi) is 4.54. The van der Waals surface area contributed by atoms with Gasteiger partial charge in [-0.1, -0.05) is 17.2 Å². The van der Waals surface area contributed by atoms with Gasteiger partial charge in [0.1, 0.15) is 18.6 Å². The summed E-state index contributed by atoms with van der Waals surface area (Å²) in [7, 11) is 3.90. The molecule has 4 heterocycles. The van der Waals surface area contributed by atoms with Crippen LogP contribution in [0.2, 0.25) is 0 Å². The number of fused-ring (bicyclic) bond motifs is 1. The lowest BCUT2D eigenvalue weighted by Crippen LogP contribution is -2.22. The topological polar surface area (TPSA) is 79.9 Å². The van der Waals surface area contributed by atoms with Crippen molar-refractivity contribution in [3.63, 3.8) is 0 Å². The SMILES string of the molecule is Cc1cc(-c2cnn(C)c2C)ccc1-c1nnc(N(C)Cc2ccc3[nH]cc[n+]3c2)o1. The number of hydrogen-bond acceptors (Lipinski definition) is 5. The van der Waals surface area contributed by atoms with Crippen molar-refractivity contribution in [3.05, 3.63) is 71.9 Å². The Morgan fingerprint density at radius 1 is 1.13 bits per heavy atom. The molecule has 0 aliphatic carbocycles. The van der Waals surface area contributed by atoms with Gasteiger partial charge in [-0.05, 0) is 37.1 Å². The average molecular weight is 414 g/mol. The first-order valence-electron chi connectivity index (χ1n) is 10.1. The molecule has 0 unspecified atom stereocenters. The molecule has 0 saturated heterocycles. The van der Waals surface area contributed by atoms with Crippen LogP contribution in [0.5, 0.6) is 0 Å². The minimum Gasteiger partial charge on any atom is -0.403 e. The highest BCUT2D eigenvalue weighted by Crippen LogP contribution is 2.30. The molecule has 5 rings (SSSR count). The zero-order valence-electron chi connectivity index (χ0n) is 18.0. The molecular formula is C23H24N7O+. The van der Waals surface area contributed by atoms with E-state index in [-0.39, 0.29) is 0 Å². The van der Waals surface area contributed by atoms with Gasteiger partial charge in [0, 0.05) is 42.5 Å². The van der Waals surface area contributed by atoms with Gasteiger partial charge in [-0.15, -0.1) is 5.10 Å². The number of nitrogens with zero attached hydrogens (tertiary/aromatic N) is 6. The Labute approximate surface area is 179 Å². The predicted molar refractivity (Wildman–Crippen MR) is 117 cm³/mol. The van der Waals surface area contributed by atoms with Crippen molar-refractivity contribution >= 4 is 11.7 Å². The number of benzene rings is 1. The van der Waals surface area contributed by atoms with E-state index in [2.05, 4.69) is 69.0 Å². The van der Waals surface area contributed by atoms with E-state index in [1.165, 1.54) is 0 Å². The van der Waals surface area contributed by atoms with Crippen LogP contribution in [0, 0.1) is 13.8 Å². The number of pyridine rings is 1. The number of aromatic amines is 1. The summed E-state index contributed by atoms with van der Waals surface area (Å²) >= 11 is 0. The predicted octanol–water partition coefficient (Wildman–Crippen LogP) is 3.46. The summed E-state index contributed by atoms with van der Waals surface area (Å²) in [5.74, 6) is 0.518. The second kappa shape index (κ2) is 7.39. The third-order valence-electron chi connectivity index (χ3n) is 5.67. The van der Waals surface area contributed by atoms with Crippen LogP contribution in [0.25, 0.3) is 28.2 Å². The smallest absolute Gasteiger partial charge is 0.318 e. The van der Waals surface area contributed by atoms with Crippen molar-refractivity contribution in [1.82, 2.24) is 25.0 Å². The van der Waals surface area contributed by atoms with Crippen molar-refractivity contribution < 1.29 is 8.82 Å². The van der Waals surface area contributed by atoms with E-state index in [4.69, 9.17) is 4.42 Å². The van der Waals surface area contributed by atoms with E-state index in [1.807, 2.05) is 48.3 Å². The molecule has 0 bridgehead atoms. The first-order chi connectivity index (χ1) is 15.0. The minimum absolute atomic E-state index is 0.487. The van der Waals surface area contributed by atoms with Gasteiger partial charge in [0.05, 0.1) is 12.7 Å². The van der Waals surface area contributed by atoms with Gasteiger partial charge in [0.2, 0.25) is 5.89 Å². The quantitative estimate of drug-likeness (QED) is 0.446. The Balaban J connectivity index is 1.37. The zero-order valence-corrected chi connectivity index (χ0v) is 18.0. The molecule has 0 radical (unpaired) electrons. The molecule has 0 aliphatic rings. The largest absolute Gasteiger partial charge is 0.403 e. The minimum atomic E-state index is 0.487. The molecule has 8 heteroatoms. The Bertz CT molecular complexity index is 1380. The number of rotatable bonds is 5. The number of imidazole rings is 1. The van der Waals surface area contributed by atoms with Gasteiger partial charge in [-0.25, -0.2) is 9.38 Å². The molecule has 1 N–H and O–H groups in total. The summed E-state index contributed by atoms with van der Waals surface area (Å²) in [5.41, 5.74) is 7.58. The molecule has 0 aliphatic heterocycles. The van der Waals surface area contributed by atoms with Crippen LogP contribution >= 0.6 is 0 Å². The molecule has 0 spiro atoms. The lowest BCUT2D eigenvalue weighted by molar-refractivity contribution is -0.510. The molecule has 156 valence electrons. The summed E-state index contributed by atoms with van der Waals surface area (Å²) in [6.45, 7) is 4.79. The second-order valence-electron chi connectivity index (χ2n) is 7.83. The van der Waals surface area contributed by atoms with Crippen LogP contribution in [0.3, 0.4) is 0 Å². The van der Waals surface area contributed by atoms with E-state index >= 15 is 0 Å². The van der Waals surface area contributed by atoms with Gasteiger partial charge >= 0.3 is 6.01 Å². The number of aromatic nitrogens is 6. The van der Waals surface area contributed by atoms with Crippen molar-refractivity contribution in [2.45, 2.75) is 20.4 Å². The highest BCUT2D eigenvalue weighted by molar-refractivity contribution is 5.71. The van der Waals surface area contributed by atoms with Crippen LogP contribution in [0.4, 0.5) is 6.01 Å². The van der Waals surface area contributed by atoms with E-state index in [0.717, 1.165) is 39.2 Å². The summed E-state index contributed by atoms with van der Waals surface area (Å²) in [6.07, 6.45) is 7.88. The molecular weight excluding hydrogens is 390 g/mol. The molecule has 31 heavy (non-hydrogen) atoms. The number of aryl methyl sites for hydroxylation is 2. The molecule has 0 saturated carbocycles. The van der Waals surface area contributed by atoms with Gasteiger partial charge < -0.3 is 9.32 Å². The van der Waals surface area contributed by atoms with E-state index < -0.39 is 0 Å². The summed E-state index contributed by atoms with van der Waals surface area (Å²) in [4.78, 5) is 5.13. The summed E-state index contributed by atoms with van der Waals surface area (Å²) in [6, 6.07) is 10.9. The van der Waals surface area contributed by atoms with Crippen molar-refractivity contribution in [2.24, 2.45) is 7.05 Å². The number of hydrogen-bond donors (Lipinski definition) is 1. The molecule has 0 atom stereocenters. The second-order valence-corrected chi connectivity index (χ2v) is 7.83. The Morgan fingerprint density at radius 2 is 2.00 bits per heavy atom. The van der Waals surface area contributed by atoms with Crippen LogP contribution in [-0.2, 0) is 13.6 Å². The van der Waals surface area contributed by atoms with Crippen molar-refractivity contribution in [1.29, 1.82) is 0 Å². The molecule has 0 amide bonds. The van der Waals surface area contributed by atoms with E-state index in [9.17, 15) is 0 Å². The highest BCUT2D eigenvalue weighted by Gasteiger charge is 2.16. The third-order valence-corrected chi connectivity index (χ3v) is 5.67. The standard InChI is InChI=1S/C23H23N7O/c1-15-11-18(20-12-25-29(4)16(20)2)6-7-19(15)22-26-27-23(31-22)28(3)13-17-5-8-21-24-9-10-30(21)14-17/h5-12,14H,13H2,1-4H3/p+1. The summed E-state index contributed by atoms with van der Waals surface area (Å²) < 4.78 is 9.94. The van der Waals surface area contributed by atoms with Gasteiger partial charge in [0.15, 0.2) is 0 Å². The first-order valence-corrected chi connectivity index (χ1v) is 10.1. The molecule has 5 aromatic rings. The van der Waals surface area contributed by atoms with Gasteiger partial charge in [0.25, 0.3) is 5.65 Å². The maximum atomic E-state index is 6.00. The van der Waals surface area contributed by atoms with E-state index in [0.29, 0.717) is 18.5 Å². The maximum Gasteiger partial charge on any atom is 0.318 e. The fraction of sp³-hybridized carbons (Fsp3) is 0.217. The lowest BCUT2D eigenvalue weighted by atomic mass is 10.0. The first kappa shape index (κ1) is 19.0. The molecule has 8 nitrogen and oxygen atoms in total. The van der Waals surface area contributed by atoms with Gasteiger partial charge in [-0.2, -0.15) is 5.10 Å². The molecule has 4 aromatic heterocycles. The number of anilines is 1. The normalized spacial score (nSPS) is 11.4. The lowest BCUT2D eigenvalue weighted by Gasteiger charge is -2.13. The fourth-order valence-electron chi connectivity index (χ4n) is 3.78. The fourth-order valence-corrected chi connectivity index (χ4v) is 3.78. The number of nitrogens with one attached hydrogen (secondary N) is 1. The zero-order chi connectivity index (χ0) is 21.5. The average Bonchev–Trinajstić information content (AvgIpc) is 3.49. The van der Waals surface area contributed by atoms with Crippen LogP contribution in [0.15, 0.2) is 59.5 Å². The molecule has 1 aromatic carbocycles. The maximum absolute atomic E-state index is 6.00. The number of H-pyrrole nitrogens is 1. The van der Waals surface area contributed by atoms with Crippen LogP contribution < -0.4 is 9.30 Å². The third kappa shape index (κ3) is 3.46. The van der Waals surface area contributed by atoms with Crippen molar-refractivity contribution in [2.75, 3.05) is 11.9 Å². The van der Waals surface area contributed by atoms with Crippen LogP contribution in [-0.4, -0.2) is 32.0 Å². The Morgan fingerprint density at radius 3 is 2.77 bits per heavy atom. The van der Waals surface area contributed by atoms with Crippen LogP contribution in [0.1, 0.15) is 16.8 Å². The van der Waals surface area contributed by atoms with Crippen molar-refractivity contribution in [3.8, 4) is 22.6 Å². The van der Waals surface area contributed by atoms with E-state index in [1.54, 1.807) is 0 Å². The summed E-state index contributed by atoms with van der Waals surface area (Å²) in [5, 5.41) is 12.9. The highest BCUT2D eigenvalue weighted by atomic mass is 16.4. The Hall–Kier alpha value is -3.94. The molecule has 0 fully saturated rings. The van der Waals surface area contributed by atoms with Gasteiger partial charge in [-0.3, -0.25) is 4.68 Å². The monoisotopic (exact) mass is 414 g/mol.